The summed E-state index contributed by atoms with van der Waals surface area (Å²) in [6.07, 6.45) is 1.20. The van der Waals surface area contributed by atoms with Gasteiger partial charge in [0.2, 0.25) is 0 Å². The Balaban J connectivity index is 2.32. The lowest BCUT2D eigenvalue weighted by atomic mass is 10.1. The fourth-order valence-corrected chi connectivity index (χ4v) is 2.37. The Morgan fingerprint density at radius 3 is 2.61 bits per heavy atom. The lowest BCUT2D eigenvalue weighted by Gasteiger charge is -2.17. The summed E-state index contributed by atoms with van der Waals surface area (Å²) < 4.78 is 9.99. The maximum Gasteiger partial charge on any atom is 0.333 e. The van der Waals surface area contributed by atoms with Gasteiger partial charge in [-0.2, -0.15) is 0 Å². The van der Waals surface area contributed by atoms with E-state index >= 15 is 0 Å². The van der Waals surface area contributed by atoms with Crippen LogP contribution in [0, 0.1) is 0 Å². The van der Waals surface area contributed by atoms with Crippen LogP contribution < -0.4 is 5.32 Å². The van der Waals surface area contributed by atoms with Gasteiger partial charge in [-0.1, -0.05) is 43.6 Å². The zero-order valence-electron chi connectivity index (χ0n) is 13.0. The van der Waals surface area contributed by atoms with E-state index in [1.807, 2.05) is 13.8 Å². The smallest absolute Gasteiger partial charge is 0.333 e. The van der Waals surface area contributed by atoms with Gasteiger partial charge < -0.3 is 14.5 Å². The van der Waals surface area contributed by atoms with Crippen molar-refractivity contribution in [3.8, 4) is 0 Å². The molecule has 0 bridgehead atoms. The minimum absolute atomic E-state index is 0.0184. The average Bonchev–Trinajstić information content (AvgIpc) is 3.02. The van der Waals surface area contributed by atoms with E-state index in [1.54, 1.807) is 24.3 Å². The SMILES string of the molecule is COC(=O)C(NC(=O)c1ncoc1C(C)C)c1ccccc1Cl. The molecule has 1 aromatic heterocycles. The predicted octanol–water partition coefficient (Wildman–Crippen LogP) is 3.10. The van der Waals surface area contributed by atoms with E-state index in [0.29, 0.717) is 16.3 Å². The maximum atomic E-state index is 12.5. The van der Waals surface area contributed by atoms with E-state index in [1.165, 1.54) is 13.5 Å². The van der Waals surface area contributed by atoms with Crippen molar-refractivity contribution in [3.63, 3.8) is 0 Å². The fourth-order valence-electron chi connectivity index (χ4n) is 2.13. The first-order valence-electron chi connectivity index (χ1n) is 7.02. The van der Waals surface area contributed by atoms with Crippen molar-refractivity contribution in [1.82, 2.24) is 10.3 Å². The minimum atomic E-state index is -1.03. The number of carbonyl (C=O) groups is 2. The van der Waals surface area contributed by atoms with Crippen LogP contribution in [-0.2, 0) is 9.53 Å². The molecule has 122 valence electrons. The zero-order chi connectivity index (χ0) is 17.0. The summed E-state index contributed by atoms with van der Waals surface area (Å²) in [6, 6.07) is 5.71. The summed E-state index contributed by atoms with van der Waals surface area (Å²) in [4.78, 5) is 28.4. The molecule has 1 amide bonds. The number of carbonyl (C=O) groups excluding carboxylic acids is 2. The number of benzene rings is 1. The second kappa shape index (κ2) is 7.28. The molecule has 0 saturated heterocycles. The molecular formula is C16H17ClN2O4. The summed E-state index contributed by atoms with van der Waals surface area (Å²) in [6.45, 7) is 3.76. The second-order valence-electron chi connectivity index (χ2n) is 5.17. The van der Waals surface area contributed by atoms with Crippen LogP contribution in [0.3, 0.4) is 0 Å². The molecule has 2 aromatic rings. The van der Waals surface area contributed by atoms with Crippen molar-refractivity contribution < 1.29 is 18.7 Å². The highest BCUT2D eigenvalue weighted by Crippen LogP contribution is 2.25. The molecule has 6 nitrogen and oxygen atoms in total. The molecule has 0 radical (unpaired) electrons. The van der Waals surface area contributed by atoms with Crippen LogP contribution in [0.2, 0.25) is 5.02 Å². The summed E-state index contributed by atoms with van der Waals surface area (Å²) in [5, 5.41) is 2.96. The first-order chi connectivity index (χ1) is 11.0. The lowest BCUT2D eigenvalue weighted by Crippen LogP contribution is -2.35. The summed E-state index contributed by atoms with van der Waals surface area (Å²) in [5.74, 6) is -0.723. The van der Waals surface area contributed by atoms with Crippen LogP contribution in [0.25, 0.3) is 0 Å². The molecule has 0 aliphatic rings. The largest absolute Gasteiger partial charge is 0.467 e. The summed E-state index contributed by atoms with van der Waals surface area (Å²) in [5.41, 5.74) is 0.588. The van der Waals surface area contributed by atoms with Gasteiger partial charge in [0.25, 0.3) is 5.91 Å². The number of nitrogens with one attached hydrogen (secondary N) is 1. The number of rotatable bonds is 5. The first kappa shape index (κ1) is 17.0. The van der Waals surface area contributed by atoms with Crippen molar-refractivity contribution in [3.05, 3.63) is 52.7 Å². The van der Waals surface area contributed by atoms with Gasteiger partial charge in [-0.15, -0.1) is 0 Å². The number of hydrogen-bond donors (Lipinski definition) is 1. The van der Waals surface area contributed by atoms with Gasteiger partial charge in [-0.05, 0) is 6.07 Å². The third kappa shape index (κ3) is 3.71. The Bertz CT molecular complexity index is 712. The maximum absolute atomic E-state index is 12.5. The van der Waals surface area contributed by atoms with Crippen molar-refractivity contribution >= 4 is 23.5 Å². The molecule has 0 aliphatic heterocycles. The molecule has 0 fully saturated rings. The molecule has 2 rings (SSSR count). The lowest BCUT2D eigenvalue weighted by molar-refractivity contribution is -0.143. The highest BCUT2D eigenvalue weighted by Gasteiger charge is 2.28. The molecule has 1 aromatic carbocycles. The van der Waals surface area contributed by atoms with Crippen LogP contribution in [0.5, 0.6) is 0 Å². The Morgan fingerprint density at radius 1 is 1.30 bits per heavy atom. The third-order valence-electron chi connectivity index (χ3n) is 3.26. The highest BCUT2D eigenvalue weighted by molar-refractivity contribution is 6.31. The van der Waals surface area contributed by atoms with E-state index in [2.05, 4.69) is 10.3 Å². The number of amides is 1. The van der Waals surface area contributed by atoms with Gasteiger partial charge in [-0.3, -0.25) is 4.79 Å². The van der Waals surface area contributed by atoms with Crippen molar-refractivity contribution in [2.75, 3.05) is 7.11 Å². The van der Waals surface area contributed by atoms with Crippen LogP contribution in [0.15, 0.2) is 35.1 Å². The van der Waals surface area contributed by atoms with E-state index in [4.69, 9.17) is 20.8 Å². The number of halogens is 1. The number of methoxy groups -OCH3 is 1. The Labute approximate surface area is 138 Å². The Hall–Kier alpha value is -2.34. The summed E-state index contributed by atoms with van der Waals surface area (Å²) >= 11 is 6.12. The van der Waals surface area contributed by atoms with Crippen molar-refractivity contribution in [2.45, 2.75) is 25.8 Å². The standard InChI is InChI=1S/C16H17ClN2O4/c1-9(2)14-13(18-8-23-14)15(20)19-12(16(21)22-3)10-6-4-5-7-11(10)17/h4-9,12H,1-3H3,(H,19,20). The molecule has 1 heterocycles. The number of aromatic nitrogens is 1. The van der Waals surface area contributed by atoms with Gasteiger partial charge in [0.05, 0.1) is 7.11 Å². The van der Waals surface area contributed by atoms with Crippen molar-refractivity contribution in [2.24, 2.45) is 0 Å². The van der Waals surface area contributed by atoms with Gasteiger partial charge in [0.1, 0.15) is 5.76 Å². The third-order valence-corrected chi connectivity index (χ3v) is 3.61. The topological polar surface area (TPSA) is 81.4 Å². The second-order valence-corrected chi connectivity index (χ2v) is 5.58. The van der Waals surface area contributed by atoms with E-state index in [9.17, 15) is 9.59 Å². The molecule has 1 N–H and O–H groups in total. The molecule has 0 aliphatic carbocycles. The Morgan fingerprint density at radius 2 is 2.00 bits per heavy atom. The van der Waals surface area contributed by atoms with E-state index < -0.39 is 17.9 Å². The zero-order valence-corrected chi connectivity index (χ0v) is 13.8. The quantitative estimate of drug-likeness (QED) is 0.848. The molecule has 0 spiro atoms. The van der Waals surface area contributed by atoms with Crippen LogP contribution >= 0.6 is 11.6 Å². The molecular weight excluding hydrogens is 320 g/mol. The summed E-state index contributed by atoms with van der Waals surface area (Å²) in [7, 11) is 1.24. The fraction of sp³-hybridized carbons (Fsp3) is 0.312. The number of ether oxygens (including phenoxy) is 1. The van der Waals surface area contributed by atoms with Crippen LogP contribution in [0.1, 0.15) is 47.6 Å². The number of nitrogens with zero attached hydrogens (tertiary/aromatic N) is 1. The average molecular weight is 337 g/mol. The first-order valence-corrected chi connectivity index (χ1v) is 7.40. The number of hydrogen-bond acceptors (Lipinski definition) is 5. The number of esters is 1. The van der Waals surface area contributed by atoms with Crippen LogP contribution in [0.4, 0.5) is 0 Å². The predicted molar refractivity (Wildman–Crippen MR) is 84.3 cm³/mol. The van der Waals surface area contributed by atoms with Crippen LogP contribution in [-0.4, -0.2) is 24.0 Å². The minimum Gasteiger partial charge on any atom is -0.467 e. The molecule has 0 saturated carbocycles. The Kier molecular flexibility index (Phi) is 5.39. The van der Waals surface area contributed by atoms with Gasteiger partial charge in [-0.25, -0.2) is 9.78 Å². The van der Waals surface area contributed by atoms with Gasteiger partial charge in [0.15, 0.2) is 18.1 Å². The monoisotopic (exact) mass is 336 g/mol. The molecule has 23 heavy (non-hydrogen) atoms. The highest BCUT2D eigenvalue weighted by atomic mass is 35.5. The van der Waals surface area contributed by atoms with E-state index in [0.717, 1.165) is 0 Å². The van der Waals surface area contributed by atoms with Crippen molar-refractivity contribution in [1.29, 1.82) is 0 Å². The number of oxazole rings is 1. The normalized spacial score (nSPS) is 12.0. The van der Waals surface area contributed by atoms with Gasteiger partial charge >= 0.3 is 5.97 Å². The van der Waals surface area contributed by atoms with Gasteiger partial charge in [0, 0.05) is 16.5 Å². The molecule has 1 unspecified atom stereocenters. The molecule has 1 atom stereocenters. The van der Waals surface area contributed by atoms with E-state index in [-0.39, 0.29) is 11.6 Å². The molecule has 7 heteroatoms.